The number of rotatable bonds is 5. The molecule has 0 saturated carbocycles. The van der Waals surface area contributed by atoms with Crippen LogP contribution in [0.1, 0.15) is 5.82 Å². The van der Waals surface area contributed by atoms with Crippen molar-refractivity contribution in [3.63, 3.8) is 0 Å². The number of imidazole rings is 1. The van der Waals surface area contributed by atoms with Crippen molar-refractivity contribution in [2.24, 2.45) is 0 Å². The van der Waals surface area contributed by atoms with E-state index >= 15 is 0 Å². The van der Waals surface area contributed by atoms with Crippen molar-refractivity contribution in [1.82, 2.24) is 19.4 Å². The van der Waals surface area contributed by atoms with E-state index in [-0.39, 0.29) is 0 Å². The van der Waals surface area contributed by atoms with Crippen LogP contribution < -0.4 is 4.74 Å². The van der Waals surface area contributed by atoms with Gasteiger partial charge in [-0.2, -0.15) is 16.7 Å². The van der Waals surface area contributed by atoms with Gasteiger partial charge in [0.25, 0.3) is 0 Å². The highest BCUT2D eigenvalue weighted by Gasteiger charge is 2.15. The number of aromatic nitrogens is 3. The zero-order valence-electron chi connectivity index (χ0n) is 12.1. The Hall–Kier alpha value is -0.980. The van der Waals surface area contributed by atoms with Gasteiger partial charge in [-0.25, -0.2) is 4.98 Å². The number of fused-ring (bicyclic) bond motifs is 1. The SMILES string of the molecule is COc1ccc2nc(CCl)n(CCN3CCSCC3)c2n1. The lowest BCUT2D eigenvalue weighted by Gasteiger charge is -2.26. The van der Waals surface area contributed by atoms with E-state index in [0.29, 0.717) is 11.8 Å². The number of hydrogen-bond acceptors (Lipinski definition) is 5. The van der Waals surface area contributed by atoms with Gasteiger partial charge < -0.3 is 9.30 Å². The number of pyridine rings is 1. The molecule has 0 amide bonds. The largest absolute Gasteiger partial charge is 0.481 e. The Labute approximate surface area is 133 Å². The van der Waals surface area contributed by atoms with E-state index < -0.39 is 0 Å². The maximum Gasteiger partial charge on any atom is 0.215 e. The Kier molecular flexibility index (Phi) is 4.87. The molecule has 0 aromatic carbocycles. The monoisotopic (exact) mass is 326 g/mol. The van der Waals surface area contributed by atoms with Crippen LogP contribution >= 0.6 is 23.4 Å². The van der Waals surface area contributed by atoms with Crippen LogP contribution in [-0.4, -0.2) is 57.7 Å². The molecule has 3 heterocycles. The van der Waals surface area contributed by atoms with Crippen molar-refractivity contribution in [1.29, 1.82) is 0 Å². The molecule has 1 saturated heterocycles. The minimum atomic E-state index is 0.397. The molecule has 0 unspecified atom stereocenters. The van der Waals surface area contributed by atoms with Crippen molar-refractivity contribution < 1.29 is 4.74 Å². The van der Waals surface area contributed by atoms with Gasteiger partial charge in [-0.05, 0) is 6.07 Å². The molecule has 0 radical (unpaired) electrons. The summed E-state index contributed by atoms with van der Waals surface area (Å²) in [6.07, 6.45) is 0. The highest BCUT2D eigenvalue weighted by molar-refractivity contribution is 7.99. The highest BCUT2D eigenvalue weighted by atomic mass is 35.5. The van der Waals surface area contributed by atoms with Gasteiger partial charge in [-0.1, -0.05) is 0 Å². The number of thioether (sulfide) groups is 1. The average molecular weight is 327 g/mol. The number of halogens is 1. The van der Waals surface area contributed by atoms with Crippen LogP contribution in [0.25, 0.3) is 11.2 Å². The Morgan fingerprint density at radius 2 is 2.05 bits per heavy atom. The molecule has 114 valence electrons. The topological polar surface area (TPSA) is 43.2 Å². The molecule has 0 N–H and O–H groups in total. The smallest absolute Gasteiger partial charge is 0.215 e. The molecule has 7 heteroatoms. The van der Waals surface area contributed by atoms with Gasteiger partial charge in [-0.3, -0.25) is 4.90 Å². The number of ether oxygens (including phenoxy) is 1. The fourth-order valence-corrected chi connectivity index (χ4v) is 3.73. The Morgan fingerprint density at radius 3 is 2.76 bits per heavy atom. The van der Waals surface area contributed by atoms with E-state index in [0.717, 1.165) is 43.2 Å². The van der Waals surface area contributed by atoms with Crippen LogP contribution in [0.2, 0.25) is 0 Å². The maximum absolute atomic E-state index is 6.04. The average Bonchev–Trinajstić information content (AvgIpc) is 2.90. The van der Waals surface area contributed by atoms with Crippen molar-refractivity contribution in [3.05, 3.63) is 18.0 Å². The minimum absolute atomic E-state index is 0.397. The zero-order chi connectivity index (χ0) is 14.7. The summed E-state index contributed by atoms with van der Waals surface area (Å²) in [5.41, 5.74) is 1.73. The number of alkyl halides is 1. The number of hydrogen-bond donors (Lipinski definition) is 0. The van der Waals surface area contributed by atoms with Crippen molar-refractivity contribution in [2.75, 3.05) is 38.2 Å². The predicted octanol–water partition coefficient (Wildman–Crippen LogP) is 2.23. The summed E-state index contributed by atoms with van der Waals surface area (Å²) in [5, 5.41) is 0. The van der Waals surface area contributed by atoms with E-state index in [9.17, 15) is 0 Å². The van der Waals surface area contributed by atoms with Gasteiger partial charge in [0.1, 0.15) is 11.3 Å². The van der Waals surface area contributed by atoms with Gasteiger partial charge >= 0.3 is 0 Å². The fourth-order valence-electron chi connectivity index (χ4n) is 2.55. The predicted molar refractivity (Wildman–Crippen MR) is 87.4 cm³/mol. The lowest BCUT2D eigenvalue weighted by Crippen LogP contribution is -2.35. The summed E-state index contributed by atoms with van der Waals surface area (Å²) < 4.78 is 7.33. The van der Waals surface area contributed by atoms with Gasteiger partial charge in [0.05, 0.1) is 13.0 Å². The Bertz CT molecular complexity index is 612. The van der Waals surface area contributed by atoms with Crippen LogP contribution in [0.3, 0.4) is 0 Å². The molecule has 5 nitrogen and oxygen atoms in total. The first-order valence-corrected chi connectivity index (χ1v) is 8.77. The summed E-state index contributed by atoms with van der Waals surface area (Å²) in [4.78, 5) is 11.6. The zero-order valence-corrected chi connectivity index (χ0v) is 13.7. The molecule has 3 rings (SSSR count). The molecule has 1 fully saturated rings. The molecule has 0 spiro atoms. The number of methoxy groups -OCH3 is 1. The van der Waals surface area contributed by atoms with Crippen molar-refractivity contribution >= 4 is 34.5 Å². The van der Waals surface area contributed by atoms with Crippen molar-refractivity contribution in [2.45, 2.75) is 12.4 Å². The van der Waals surface area contributed by atoms with Gasteiger partial charge in [0.15, 0.2) is 5.65 Å². The Morgan fingerprint density at radius 1 is 1.24 bits per heavy atom. The fraction of sp³-hybridized carbons (Fsp3) is 0.571. The highest BCUT2D eigenvalue weighted by Crippen LogP contribution is 2.19. The molecular formula is C14H19ClN4OS. The summed E-state index contributed by atoms with van der Waals surface area (Å²) >= 11 is 8.07. The Balaban J connectivity index is 1.84. The quantitative estimate of drug-likeness (QED) is 0.788. The van der Waals surface area contributed by atoms with Crippen LogP contribution in [0.5, 0.6) is 5.88 Å². The molecule has 0 bridgehead atoms. The van der Waals surface area contributed by atoms with Crippen molar-refractivity contribution in [3.8, 4) is 5.88 Å². The van der Waals surface area contributed by atoms with E-state index in [1.807, 2.05) is 23.9 Å². The van der Waals surface area contributed by atoms with Crippen LogP contribution in [0, 0.1) is 0 Å². The van der Waals surface area contributed by atoms with Gasteiger partial charge in [-0.15, -0.1) is 11.6 Å². The normalized spacial score (nSPS) is 16.5. The molecule has 2 aromatic rings. The molecule has 1 aliphatic rings. The first kappa shape index (κ1) is 14.9. The first-order chi connectivity index (χ1) is 10.3. The lowest BCUT2D eigenvalue weighted by molar-refractivity contribution is 0.289. The van der Waals surface area contributed by atoms with Crippen LogP contribution in [0.4, 0.5) is 0 Å². The minimum Gasteiger partial charge on any atom is -0.481 e. The molecule has 21 heavy (non-hydrogen) atoms. The van der Waals surface area contributed by atoms with Crippen LogP contribution in [0.15, 0.2) is 12.1 Å². The summed E-state index contributed by atoms with van der Waals surface area (Å²) in [5.74, 6) is 4.32. The second kappa shape index (κ2) is 6.85. The third-order valence-electron chi connectivity index (χ3n) is 3.72. The third kappa shape index (κ3) is 3.27. The standard InChI is InChI=1S/C14H19ClN4OS/c1-20-13-3-2-11-14(17-13)19(12(10-15)16-11)5-4-18-6-8-21-9-7-18/h2-3H,4-10H2,1H3. The third-order valence-corrected chi connectivity index (χ3v) is 4.90. The van der Waals surface area contributed by atoms with E-state index in [4.69, 9.17) is 16.3 Å². The first-order valence-electron chi connectivity index (χ1n) is 7.08. The van der Waals surface area contributed by atoms with E-state index in [1.54, 1.807) is 7.11 Å². The lowest BCUT2D eigenvalue weighted by atomic mass is 10.4. The number of nitrogens with zero attached hydrogens (tertiary/aromatic N) is 4. The van der Waals surface area contributed by atoms with E-state index in [1.165, 1.54) is 11.5 Å². The maximum atomic E-state index is 6.04. The molecular weight excluding hydrogens is 308 g/mol. The second-order valence-electron chi connectivity index (χ2n) is 4.96. The molecule has 0 aliphatic carbocycles. The van der Waals surface area contributed by atoms with Crippen LogP contribution in [-0.2, 0) is 12.4 Å². The van der Waals surface area contributed by atoms with Gasteiger partial charge in [0, 0.05) is 43.8 Å². The summed E-state index contributed by atoms with van der Waals surface area (Å²) in [6.45, 7) is 4.19. The summed E-state index contributed by atoms with van der Waals surface area (Å²) in [7, 11) is 1.63. The van der Waals surface area contributed by atoms with Gasteiger partial charge in [0.2, 0.25) is 5.88 Å². The molecule has 1 aliphatic heterocycles. The van der Waals surface area contributed by atoms with E-state index in [2.05, 4.69) is 19.4 Å². The molecule has 2 aromatic heterocycles. The molecule has 0 atom stereocenters. The second-order valence-corrected chi connectivity index (χ2v) is 6.46. The summed E-state index contributed by atoms with van der Waals surface area (Å²) in [6, 6.07) is 3.77.